The third kappa shape index (κ3) is 2.69. The monoisotopic (exact) mass is 286 g/mol. The van der Waals surface area contributed by atoms with Gasteiger partial charge in [0, 0.05) is 6.26 Å². The second-order valence-corrected chi connectivity index (χ2v) is 6.73. The molecule has 0 radical (unpaired) electrons. The summed E-state index contributed by atoms with van der Waals surface area (Å²) in [5, 5.41) is 23.2. The molecule has 8 heteroatoms. The van der Waals surface area contributed by atoms with Crippen molar-refractivity contribution in [1.29, 1.82) is 0 Å². The van der Waals surface area contributed by atoms with Crippen LogP contribution in [0.4, 0.5) is 11.4 Å². The summed E-state index contributed by atoms with van der Waals surface area (Å²) in [6.07, 6.45) is 2.32. The average Bonchev–Trinajstić information content (AvgIpc) is 3.08. The number of hydrogen-bond acceptors (Lipinski definition) is 6. The number of rotatable bonds is 5. The molecule has 7 nitrogen and oxygen atoms in total. The summed E-state index contributed by atoms with van der Waals surface area (Å²) in [4.78, 5) is 10.1. The lowest BCUT2D eigenvalue weighted by molar-refractivity contribution is -0.386. The Morgan fingerprint density at radius 2 is 2.11 bits per heavy atom. The van der Waals surface area contributed by atoms with Crippen molar-refractivity contribution < 1.29 is 18.4 Å². The molecule has 0 aliphatic heterocycles. The Bertz CT molecular complexity index is 622. The lowest BCUT2D eigenvalue weighted by Gasteiger charge is -2.16. The first-order valence-corrected chi connectivity index (χ1v) is 7.55. The molecule has 0 amide bonds. The quantitative estimate of drug-likeness (QED) is 0.615. The Balaban J connectivity index is 2.52. The molecule has 1 aromatic carbocycles. The molecule has 1 aliphatic carbocycles. The number of para-hydroxylation sites is 1. The lowest BCUT2D eigenvalue weighted by atomic mass is 10.2. The van der Waals surface area contributed by atoms with Crippen LogP contribution in [0.25, 0.3) is 0 Å². The molecule has 0 saturated heterocycles. The number of nitro groups is 1. The van der Waals surface area contributed by atoms with Crippen molar-refractivity contribution in [2.75, 3.05) is 18.2 Å². The van der Waals surface area contributed by atoms with Crippen molar-refractivity contribution in [2.45, 2.75) is 23.3 Å². The molecule has 1 aromatic rings. The van der Waals surface area contributed by atoms with Gasteiger partial charge < -0.3 is 10.4 Å². The summed E-state index contributed by atoms with van der Waals surface area (Å²) in [5.41, 5.74) is -0.898. The minimum Gasteiger partial charge on any atom is -0.394 e. The fourth-order valence-electron chi connectivity index (χ4n) is 1.87. The van der Waals surface area contributed by atoms with Crippen LogP contribution < -0.4 is 5.32 Å². The van der Waals surface area contributed by atoms with Gasteiger partial charge in [0.25, 0.3) is 0 Å². The number of anilines is 1. The van der Waals surface area contributed by atoms with Gasteiger partial charge in [-0.3, -0.25) is 10.1 Å². The topological polar surface area (TPSA) is 110 Å². The number of nitrogens with one attached hydrogen (secondary N) is 1. The predicted octanol–water partition coefficient (Wildman–Crippen LogP) is 0.935. The van der Waals surface area contributed by atoms with Crippen molar-refractivity contribution >= 4 is 21.2 Å². The molecular weight excluding hydrogens is 272 g/mol. The molecule has 1 saturated carbocycles. The Labute approximate surface area is 110 Å². The average molecular weight is 286 g/mol. The highest BCUT2D eigenvalue weighted by molar-refractivity contribution is 7.90. The number of nitro benzene ring substituents is 1. The van der Waals surface area contributed by atoms with Gasteiger partial charge in [-0.1, -0.05) is 6.07 Å². The van der Waals surface area contributed by atoms with E-state index in [0.29, 0.717) is 12.8 Å². The van der Waals surface area contributed by atoms with E-state index < -0.39 is 26.0 Å². The second kappa shape index (κ2) is 4.46. The van der Waals surface area contributed by atoms with E-state index >= 15 is 0 Å². The van der Waals surface area contributed by atoms with Crippen molar-refractivity contribution in [3.63, 3.8) is 0 Å². The molecule has 0 atom stereocenters. The van der Waals surface area contributed by atoms with Gasteiger partial charge in [0.05, 0.1) is 17.1 Å². The molecule has 2 N–H and O–H groups in total. The predicted molar refractivity (Wildman–Crippen MR) is 68.9 cm³/mol. The van der Waals surface area contributed by atoms with Crippen LogP contribution >= 0.6 is 0 Å². The van der Waals surface area contributed by atoms with Gasteiger partial charge in [-0.25, -0.2) is 8.42 Å². The molecule has 1 aliphatic rings. The van der Waals surface area contributed by atoms with Crippen LogP contribution in [0, 0.1) is 10.1 Å². The fraction of sp³-hybridized carbons (Fsp3) is 0.455. The Morgan fingerprint density at radius 1 is 1.47 bits per heavy atom. The third-order valence-electron chi connectivity index (χ3n) is 3.14. The number of aliphatic hydroxyl groups excluding tert-OH is 1. The van der Waals surface area contributed by atoms with Crippen LogP contribution in [0.15, 0.2) is 23.1 Å². The molecule has 19 heavy (non-hydrogen) atoms. The molecular formula is C11H14N2O5S. The van der Waals surface area contributed by atoms with Crippen molar-refractivity contribution in [2.24, 2.45) is 0 Å². The number of nitrogens with zero attached hydrogens (tertiary/aromatic N) is 1. The maximum Gasteiger partial charge on any atom is 0.310 e. The zero-order valence-electron chi connectivity index (χ0n) is 10.3. The van der Waals surface area contributed by atoms with Gasteiger partial charge >= 0.3 is 5.69 Å². The molecule has 0 heterocycles. The van der Waals surface area contributed by atoms with Crippen LogP contribution in [0.2, 0.25) is 0 Å². The maximum atomic E-state index is 11.6. The highest BCUT2D eigenvalue weighted by atomic mass is 32.2. The minimum absolute atomic E-state index is 0.125. The molecule has 0 spiro atoms. The van der Waals surface area contributed by atoms with E-state index in [9.17, 15) is 23.6 Å². The third-order valence-corrected chi connectivity index (χ3v) is 4.27. The van der Waals surface area contributed by atoms with E-state index in [1.807, 2.05) is 0 Å². The molecule has 2 rings (SSSR count). The normalized spacial score (nSPS) is 16.9. The van der Waals surface area contributed by atoms with Gasteiger partial charge in [-0.15, -0.1) is 0 Å². The summed E-state index contributed by atoms with van der Waals surface area (Å²) in [6, 6.07) is 4.10. The zero-order chi connectivity index (χ0) is 14.3. The van der Waals surface area contributed by atoms with Gasteiger partial charge in [-0.05, 0) is 25.0 Å². The van der Waals surface area contributed by atoms with Crippen LogP contribution in [-0.4, -0.2) is 36.8 Å². The molecule has 0 bridgehead atoms. The van der Waals surface area contributed by atoms with E-state index in [2.05, 4.69) is 5.32 Å². The summed E-state index contributed by atoms with van der Waals surface area (Å²) in [5.74, 6) is 0. The minimum atomic E-state index is -3.69. The highest BCUT2D eigenvalue weighted by Crippen LogP contribution is 2.42. The molecule has 1 fully saturated rings. The van der Waals surface area contributed by atoms with Crippen LogP contribution in [-0.2, 0) is 9.84 Å². The second-order valence-electron chi connectivity index (χ2n) is 4.75. The smallest absolute Gasteiger partial charge is 0.310 e. The van der Waals surface area contributed by atoms with Crippen molar-refractivity contribution in [3.8, 4) is 0 Å². The Kier molecular flexibility index (Phi) is 3.23. The lowest BCUT2D eigenvalue weighted by Crippen LogP contribution is -2.26. The van der Waals surface area contributed by atoms with Crippen LogP contribution in [0.1, 0.15) is 12.8 Å². The first kappa shape index (κ1) is 13.8. The summed E-state index contributed by atoms with van der Waals surface area (Å²) in [7, 11) is -3.69. The maximum absolute atomic E-state index is 11.6. The van der Waals surface area contributed by atoms with Gasteiger partial charge in [0.1, 0.15) is 10.6 Å². The van der Waals surface area contributed by atoms with Crippen LogP contribution in [0.3, 0.4) is 0 Å². The van der Waals surface area contributed by atoms with E-state index in [1.165, 1.54) is 18.2 Å². The highest BCUT2D eigenvalue weighted by Gasteiger charge is 2.43. The number of aliphatic hydroxyl groups is 1. The SMILES string of the molecule is CS(=O)(=O)c1cccc(NC2(CO)CC2)c1[N+](=O)[O-]. The first-order valence-electron chi connectivity index (χ1n) is 5.66. The standard InChI is InChI=1S/C11H14N2O5S/c1-19(17,18)9-4-2-3-8(10(9)13(15)16)12-11(7-14)5-6-11/h2-4,12,14H,5-7H2,1H3. The summed E-state index contributed by atoms with van der Waals surface area (Å²) in [6.45, 7) is -0.146. The van der Waals surface area contributed by atoms with Gasteiger partial charge in [0.15, 0.2) is 9.84 Å². The van der Waals surface area contributed by atoms with E-state index in [4.69, 9.17) is 0 Å². The summed E-state index contributed by atoms with van der Waals surface area (Å²) < 4.78 is 23.2. The molecule has 0 aromatic heterocycles. The van der Waals surface area contributed by atoms with Gasteiger partial charge in [0.2, 0.25) is 0 Å². The Hall–Kier alpha value is -1.67. The van der Waals surface area contributed by atoms with E-state index in [1.54, 1.807) is 0 Å². The Morgan fingerprint density at radius 3 is 2.53 bits per heavy atom. The zero-order valence-corrected chi connectivity index (χ0v) is 11.1. The van der Waals surface area contributed by atoms with Crippen molar-refractivity contribution in [3.05, 3.63) is 28.3 Å². The van der Waals surface area contributed by atoms with Gasteiger partial charge in [-0.2, -0.15) is 0 Å². The number of benzene rings is 1. The summed E-state index contributed by atoms with van der Waals surface area (Å²) >= 11 is 0. The number of hydrogen-bond donors (Lipinski definition) is 2. The van der Waals surface area contributed by atoms with Crippen LogP contribution in [0.5, 0.6) is 0 Å². The fourth-order valence-corrected chi connectivity index (χ4v) is 2.73. The van der Waals surface area contributed by atoms with Crippen molar-refractivity contribution in [1.82, 2.24) is 0 Å². The largest absolute Gasteiger partial charge is 0.394 e. The molecule has 104 valence electrons. The van der Waals surface area contributed by atoms with E-state index in [-0.39, 0.29) is 17.2 Å². The van der Waals surface area contributed by atoms with E-state index in [0.717, 1.165) is 6.26 Å². The number of sulfone groups is 1. The molecule has 0 unspecified atom stereocenters. The first-order chi connectivity index (χ1) is 8.79.